The summed E-state index contributed by atoms with van der Waals surface area (Å²) in [6.07, 6.45) is 0. The minimum absolute atomic E-state index is 0. The Balaban J connectivity index is -0.00000000500. The van der Waals surface area contributed by atoms with Crippen molar-refractivity contribution in [2.75, 3.05) is 0 Å². The molecule has 0 bridgehead atoms. The van der Waals surface area contributed by atoms with Crippen LogP contribution in [-0.2, 0) is 45.4 Å². The number of hydrogen-bond donors (Lipinski definition) is 0. The fourth-order valence-electron chi connectivity index (χ4n) is 0. The van der Waals surface area contributed by atoms with Crippen LogP contribution in [0.25, 0.3) is 0 Å². The molecular weight excluding hydrogens is 347 g/mol. The number of rotatable bonds is 0. The molecule has 0 saturated heterocycles. The first-order valence-electron chi connectivity index (χ1n) is 0.123. The van der Waals surface area contributed by atoms with Crippen LogP contribution < -0.4 is 0 Å². The predicted molar refractivity (Wildman–Crippen MR) is 7.84 cm³/mol. The molecule has 4 heteroatoms. The molecule has 0 aliphatic carbocycles. The third kappa shape index (κ3) is 8.85. The van der Waals surface area contributed by atoms with E-state index in [-0.39, 0.29) is 72.4 Å². The molecule has 0 heterocycles. The Kier molecular flexibility index (Phi) is 66.8. The van der Waals surface area contributed by atoms with Gasteiger partial charge in [0, 0.05) is 21.1 Å². The standard InChI is InChI=1S/Ag.K.O.W.H. The zero-order chi connectivity index (χ0) is 2.00. The van der Waals surface area contributed by atoms with Crippen molar-refractivity contribution in [2.45, 2.75) is 0 Å². The van der Waals surface area contributed by atoms with E-state index >= 15 is 0 Å². The molecule has 0 aliphatic rings. The zero-order valence-electron chi connectivity index (χ0n) is 1.12. The molecule has 0 atom stereocenters. The molecule has 0 aromatic carbocycles. The van der Waals surface area contributed by atoms with Gasteiger partial charge < -0.3 is 0 Å². The van der Waals surface area contributed by atoms with Gasteiger partial charge in [-0.2, -0.15) is 0 Å². The van der Waals surface area contributed by atoms with Crippen molar-refractivity contribution in [3.8, 4) is 0 Å². The Labute approximate surface area is 94.2 Å². The smallest absolute Gasteiger partial charge is 0 e. The summed E-state index contributed by atoms with van der Waals surface area (Å²) in [7, 11) is 0. The van der Waals surface area contributed by atoms with Gasteiger partial charge in [-0.1, -0.05) is 0 Å². The maximum atomic E-state index is 8.06. The molecule has 4 heavy (non-hydrogen) atoms. The first-order valence-corrected chi connectivity index (χ1v) is 0.728. The normalized spacial score (nSPS) is 1.50. The molecule has 0 rings (SSSR count). The van der Waals surface area contributed by atoms with E-state index in [9.17, 15) is 0 Å². The summed E-state index contributed by atoms with van der Waals surface area (Å²) in [5.41, 5.74) is 0. The maximum Gasteiger partial charge on any atom is 0 e. The Hall–Kier alpha value is 2.86. The second-order valence-electron chi connectivity index (χ2n) is 0. The minimum Gasteiger partial charge on any atom is 0 e. The van der Waals surface area contributed by atoms with E-state index in [1.165, 1.54) is 0 Å². The van der Waals surface area contributed by atoms with E-state index in [2.05, 4.69) is 0 Å². The molecule has 0 spiro atoms. The van der Waals surface area contributed by atoms with Crippen LogP contribution >= 0.6 is 0 Å². The van der Waals surface area contributed by atoms with Crippen LogP contribution in [0.1, 0.15) is 0 Å². The molecule has 0 N–H and O–H groups in total. The van der Waals surface area contributed by atoms with Gasteiger partial charge in [0.1, 0.15) is 0 Å². The molecule has 0 fully saturated rings. The summed E-state index contributed by atoms with van der Waals surface area (Å²) in [5.74, 6) is 0. The molecule has 0 radical (unpaired) electrons. The SMILES string of the molecule is [KH].[O]=[Ag].[W]. The summed E-state index contributed by atoms with van der Waals surface area (Å²) in [6, 6.07) is 0. The van der Waals surface area contributed by atoms with Gasteiger partial charge in [-0.3, -0.25) is 0 Å². The van der Waals surface area contributed by atoms with Crippen molar-refractivity contribution >= 4 is 51.4 Å². The molecule has 0 amide bonds. The van der Waals surface area contributed by atoms with E-state index in [0.717, 1.165) is 0 Å². The van der Waals surface area contributed by atoms with Crippen LogP contribution in [0.2, 0.25) is 0 Å². The molecule has 0 unspecified atom stereocenters. The Bertz CT molecular complexity index is 8.00. The van der Waals surface area contributed by atoms with Crippen LogP contribution in [0, 0.1) is 0 Å². The van der Waals surface area contributed by atoms with Crippen LogP contribution in [0.3, 0.4) is 0 Å². The van der Waals surface area contributed by atoms with E-state index in [1.54, 1.807) is 21.0 Å². The fraction of sp³-hybridized carbons (Fsp3) is 0. The summed E-state index contributed by atoms with van der Waals surface area (Å²) < 4.78 is 8.06. The van der Waals surface area contributed by atoms with Crippen LogP contribution in [0.15, 0.2) is 0 Å². The predicted octanol–water partition coefficient (Wildman–Crippen LogP) is -0.772. The Morgan fingerprint density at radius 1 is 1.25 bits per heavy atom. The van der Waals surface area contributed by atoms with Gasteiger partial charge >= 0.3 is 75.7 Å². The quantitative estimate of drug-likeness (QED) is 0.526. The van der Waals surface area contributed by atoms with Crippen molar-refractivity contribution in [1.29, 1.82) is 0 Å². The largest absolute Gasteiger partial charge is 0 e. The van der Waals surface area contributed by atoms with Crippen LogP contribution in [-0.4, -0.2) is 51.4 Å². The van der Waals surface area contributed by atoms with Crippen molar-refractivity contribution in [3.05, 3.63) is 0 Å². The molecular formula is HAgKOW. The van der Waals surface area contributed by atoms with Crippen molar-refractivity contribution in [3.63, 3.8) is 0 Å². The second-order valence-corrected chi connectivity index (χ2v) is 0. The van der Waals surface area contributed by atoms with Crippen molar-refractivity contribution in [2.24, 2.45) is 0 Å². The van der Waals surface area contributed by atoms with Crippen molar-refractivity contribution in [1.82, 2.24) is 0 Å². The first kappa shape index (κ1) is 15.8. The number of hydrogen-bond acceptors (Lipinski definition) is 1. The van der Waals surface area contributed by atoms with E-state index in [1.807, 2.05) is 0 Å². The van der Waals surface area contributed by atoms with Gasteiger partial charge in [0.15, 0.2) is 0 Å². The van der Waals surface area contributed by atoms with Gasteiger partial charge in [-0.15, -0.1) is 0 Å². The van der Waals surface area contributed by atoms with Gasteiger partial charge in [-0.25, -0.2) is 0 Å². The van der Waals surface area contributed by atoms with Gasteiger partial charge in [0.25, 0.3) is 0 Å². The molecule has 0 aliphatic heterocycles. The topological polar surface area (TPSA) is 17.1 Å². The van der Waals surface area contributed by atoms with Gasteiger partial charge in [0.05, 0.1) is 0 Å². The first-order chi connectivity index (χ1) is 1.00. The third-order valence-corrected chi connectivity index (χ3v) is 0. The molecule has 0 saturated carbocycles. The monoisotopic (exact) mass is 347 g/mol. The average molecular weight is 348 g/mol. The van der Waals surface area contributed by atoms with Gasteiger partial charge in [0.2, 0.25) is 0 Å². The third-order valence-electron chi connectivity index (χ3n) is 0. The molecule has 1 nitrogen and oxygen atoms in total. The summed E-state index contributed by atoms with van der Waals surface area (Å²) in [4.78, 5) is 0. The Morgan fingerprint density at radius 2 is 1.25 bits per heavy atom. The average Bonchev–Trinajstić information content (AvgIpc) is 1.00. The Morgan fingerprint density at radius 3 is 1.25 bits per heavy atom. The van der Waals surface area contributed by atoms with Crippen LogP contribution in [0.4, 0.5) is 0 Å². The fourth-order valence-corrected chi connectivity index (χ4v) is 0. The molecule has 0 aromatic rings. The summed E-state index contributed by atoms with van der Waals surface area (Å²) >= 11 is 1.70. The van der Waals surface area contributed by atoms with E-state index in [0.29, 0.717) is 0 Å². The maximum absolute atomic E-state index is 8.06. The van der Waals surface area contributed by atoms with Crippen LogP contribution in [0.5, 0.6) is 0 Å². The summed E-state index contributed by atoms with van der Waals surface area (Å²) in [6.45, 7) is 0. The van der Waals surface area contributed by atoms with E-state index < -0.39 is 0 Å². The minimum atomic E-state index is 0. The molecule has 0 aromatic heterocycles. The van der Waals surface area contributed by atoms with Gasteiger partial charge in [-0.05, 0) is 0 Å². The second kappa shape index (κ2) is 16.9. The van der Waals surface area contributed by atoms with E-state index in [4.69, 9.17) is 3.25 Å². The molecule has 25 valence electrons. The zero-order valence-corrected chi connectivity index (χ0v) is 5.53. The van der Waals surface area contributed by atoms with Crippen molar-refractivity contribution < 1.29 is 45.4 Å². The summed E-state index contributed by atoms with van der Waals surface area (Å²) in [5, 5.41) is 0.